The number of hydrogen-bond acceptors (Lipinski definition) is 8. The Hall–Kier alpha value is -4.02. The van der Waals surface area contributed by atoms with E-state index in [1.54, 1.807) is 67.7 Å². The van der Waals surface area contributed by atoms with Gasteiger partial charge in [0.1, 0.15) is 5.25 Å². The number of anilines is 1. The Morgan fingerprint density at radius 2 is 1.70 bits per heavy atom. The fourth-order valence-corrected chi connectivity index (χ4v) is 5.25. The van der Waals surface area contributed by atoms with Crippen molar-refractivity contribution < 1.29 is 28.6 Å². The van der Waals surface area contributed by atoms with Gasteiger partial charge in [0.25, 0.3) is 0 Å². The van der Waals surface area contributed by atoms with Gasteiger partial charge in [-0.05, 0) is 72.6 Å². The molecule has 1 fully saturated rings. The third-order valence-electron chi connectivity index (χ3n) is 6.13. The molecule has 0 radical (unpaired) electrons. The minimum atomic E-state index is -0.698. The molecule has 2 amide bonds. The highest BCUT2D eigenvalue weighted by Gasteiger charge is 2.36. The molecule has 1 aliphatic rings. The number of methoxy groups -OCH3 is 3. The molecular formula is C29H28ClN3O6S. The van der Waals surface area contributed by atoms with Gasteiger partial charge in [-0.15, -0.1) is 0 Å². The number of hydrogen-bond donors (Lipinski definition) is 1. The lowest BCUT2D eigenvalue weighted by molar-refractivity contribution is -0.129. The summed E-state index contributed by atoms with van der Waals surface area (Å²) in [6.45, 7) is 0.358. The molecule has 1 atom stereocenters. The Kier molecular flexibility index (Phi) is 9.68. The van der Waals surface area contributed by atoms with Crippen LogP contribution in [0.2, 0.25) is 5.02 Å². The van der Waals surface area contributed by atoms with Crippen molar-refractivity contribution in [1.82, 2.24) is 4.90 Å². The Morgan fingerprint density at radius 1 is 1.00 bits per heavy atom. The number of carbonyl (C=O) groups excluding carboxylic acids is 3. The monoisotopic (exact) mass is 581 g/mol. The molecule has 11 heteroatoms. The minimum absolute atomic E-state index is 0.00230. The van der Waals surface area contributed by atoms with E-state index >= 15 is 0 Å². The summed E-state index contributed by atoms with van der Waals surface area (Å²) < 4.78 is 15.4. The number of halogens is 1. The van der Waals surface area contributed by atoms with Crippen LogP contribution in [0.5, 0.6) is 11.5 Å². The van der Waals surface area contributed by atoms with Crippen LogP contribution in [-0.4, -0.2) is 61.0 Å². The maximum atomic E-state index is 13.3. The predicted molar refractivity (Wildman–Crippen MR) is 156 cm³/mol. The Labute approximate surface area is 241 Å². The number of thioether (sulfide) groups is 1. The number of rotatable bonds is 9. The lowest BCUT2D eigenvalue weighted by atomic mass is 10.1. The first-order valence-electron chi connectivity index (χ1n) is 12.3. The van der Waals surface area contributed by atoms with Crippen molar-refractivity contribution >= 4 is 57.7 Å². The van der Waals surface area contributed by atoms with Crippen molar-refractivity contribution in [3.05, 3.63) is 82.9 Å². The zero-order chi connectivity index (χ0) is 28.6. The SMILES string of the molecule is COC(=O)c1ccc(NC(=O)[C@H]2CC(=O)N(CCc3ccc(OC)c(OC)c3)C(=Nc3ccc(Cl)cc3)S2)cc1. The van der Waals surface area contributed by atoms with E-state index in [1.165, 1.54) is 18.9 Å². The lowest BCUT2D eigenvalue weighted by Gasteiger charge is -2.32. The molecule has 4 rings (SSSR count). The smallest absolute Gasteiger partial charge is 0.337 e. The zero-order valence-electron chi connectivity index (χ0n) is 22.2. The molecular weight excluding hydrogens is 554 g/mol. The summed E-state index contributed by atoms with van der Waals surface area (Å²) in [5, 5.41) is 3.11. The fourth-order valence-electron chi connectivity index (χ4n) is 3.99. The summed E-state index contributed by atoms with van der Waals surface area (Å²) in [4.78, 5) is 44.5. The average Bonchev–Trinajstić information content (AvgIpc) is 2.97. The average molecular weight is 582 g/mol. The maximum Gasteiger partial charge on any atom is 0.337 e. The maximum absolute atomic E-state index is 13.3. The number of amides is 2. The van der Waals surface area contributed by atoms with Crippen molar-refractivity contribution in [1.29, 1.82) is 0 Å². The van der Waals surface area contributed by atoms with Crippen LogP contribution in [0, 0.1) is 0 Å². The second kappa shape index (κ2) is 13.4. The largest absolute Gasteiger partial charge is 0.493 e. The highest BCUT2D eigenvalue weighted by atomic mass is 35.5. The number of nitrogens with one attached hydrogen (secondary N) is 1. The Balaban J connectivity index is 1.53. The third kappa shape index (κ3) is 7.13. The molecule has 1 N–H and O–H groups in total. The van der Waals surface area contributed by atoms with Gasteiger partial charge >= 0.3 is 5.97 Å². The summed E-state index contributed by atoms with van der Waals surface area (Å²) in [7, 11) is 4.45. The molecule has 1 heterocycles. The number of benzene rings is 3. The van der Waals surface area contributed by atoms with Crippen LogP contribution in [0.4, 0.5) is 11.4 Å². The van der Waals surface area contributed by atoms with E-state index in [2.05, 4.69) is 5.32 Å². The normalized spacial score (nSPS) is 16.0. The van der Waals surface area contributed by atoms with Gasteiger partial charge in [-0.3, -0.25) is 14.5 Å². The molecule has 1 aliphatic heterocycles. The molecule has 0 aliphatic carbocycles. The van der Waals surface area contributed by atoms with Crippen molar-refractivity contribution in [2.24, 2.45) is 4.99 Å². The Bertz CT molecular complexity index is 1410. The van der Waals surface area contributed by atoms with Gasteiger partial charge in [-0.25, -0.2) is 9.79 Å². The van der Waals surface area contributed by atoms with E-state index < -0.39 is 11.2 Å². The quantitative estimate of drug-likeness (QED) is 0.340. The van der Waals surface area contributed by atoms with Crippen LogP contribution in [0.15, 0.2) is 71.7 Å². The summed E-state index contributed by atoms with van der Waals surface area (Å²) in [6.07, 6.45) is 0.540. The van der Waals surface area contributed by atoms with Crippen LogP contribution in [0.1, 0.15) is 22.3 Å². The van der Waals surface area contributed by atoms with Crippen LogP contribution in [0.25, 0.3) is 0 Å². The van der Waals surface area contributed by atoms with Gasteiger partial charge in [0.15, 0.2) is 16.7 Å². The molecule has 208 valence electrons. The van der Waals surface area contributed by atoms with Crippen molar-refractivity contribution in [3.63, 3.8) is 0 Å². The number of nitrogens with zero attached hydrogens (tertiary/aromatic N) is 2. The van der Waals surface area contributed by atoms with Crippen molar-refractivity contribution in [2.45, 2.75) is 18.1 Å². The third-order valence-corrected chi connectivity index (χ3v) is 7.57. The lowest BCUT2D eigenvalue weighted by Crippen LogP contribution is -2.46. The van der Waals surface area contributed by atoms with E-state index in [4.69, 9.17) is 30.8 Å². The second-order valence-corrected chi connectivity index (χ2v) is 10.3. The van der Waals surface area contributed by atoms with Crippen LogP contribution in [0.3, 0.4) is 0 Å². The van der Waals surface area contributed by atoms with Gasteiger partial charge in [-0.1, -0.05) is 29.4 Å². The van der Waals surface area contributed by atoms with E-state index in [0.717, 1.165) is 5.56 Å². The molecule has 0 spiro atoms. The second-order valence-electron chi connectivity index (χ2n) is 8.72. The van der Waals surface area contributed by atoms with E-state index in [0.29, 0.717) is 51.6 Å². The first kappa shape index (κ1) is 29.0. The number of carbonyl (C=O) groups is 3. The molecule has 0 saturated carbocycles. The number of esters is 1. The molecule has 0 bridgehead atoms. The van der Waals surface area contributed by atoms with Gasteiger partial charge in [0.05, 0.1) is 32.6 Å². The minimum Gasteiger partial charge on any atom is -0.493 e. The van der Waals surface area contributed by atoms with Crippen molar-refractivity contribution in [3.8, 4) is 11.5 Å². The van der Waals surface area contributed by atoms with E-state index in [9.17, 15) is 14.4 Å². The highest BCUT2D eigenvalue weighted by Crippen LogP contribution is 2.32. The molecule has 9 nitrogen and oxygen atoms in total. The van der Waals surface area contributed by atoms with Gasteiger partial charge < -0.3 is 19.5 Å². The summed E-state index contributed by atoms with van der Waals surface area (Å²) in [5.74, 6) is 0.198. The Morgan fingerprint density at radius 3 is 2.35 bits per heavy atom. The highest BCUT2D eigenvalue weighted by molar-refractivity contribution is 8.15. The molecule has 0 unspecified atom stereocenters. The van der Waals surface area contributed by atoms with E-state index in [-0.39, 0.29) is 18.2 Å². The first-order valence-corrected chi connectivity index (χ1v) is 13.6. The van der Waals surface area contributed by atoms with Crippen LogP contribution < -0.4 is 14.8 Å². The molecule has 40 heavy (non-hydrogen) atoms. The van der Waals surface area contributed by atoms with Gasteiger partial charge in [0.2, 0.25) is 11.8 Å². The summed E-state index contributed by atoms with van der Waals surface area (Å²) >= 11 is 7.25. The molecule has 0 aromatic heterocycles. The summed E-state index contributed by atoms with van der Waals surface area (Å²) in [6, 6.07) is 18.9. The number of aliphatic imine (C=N–C) groups is 1. The van der Waals surface area contributed by atoms with Gasteiger partial charge in [0, 0.05) is 23.7 Å². The molecule has 3 aromatic rings. The van der Waals surface area contributed by atoms with Crippen LogP contribution >= 0.6 is 23.4 Å². The van der Waals surface area contributed by atoms with Crippen molar-refractivity contribution in [2.75, 3.05) is 33.2 Å². The number of ether oxygens (including phenoxy) is 3. The van der Waals surface area contributed by atoms with Crippen LogP contribution in [-0.2, 0) is 20.7 Å². The first-order chi connectivity index (χ1) is 19.3. The summed E-state index contributed by atoms with van der Waals surface area (Å²) in [5.41, 5.74) is 2.43. The van der Waals surface area contributed by atoms with Gasteiger partial charge in [-0.2, -0.15) is 0 Å². The number of amidine groups is 1. The molecule has 1 saturated heterocycles. The zero-order valence-corrected chi connectivity index (χ0v) is 23.8. The topological polar surface area (TPSA) is 107 Å². The fraction of sp³-hybridized carbons (Fsp3) is 0.241. The predicted octanol–water partition coefficient (Wildman–Crippen LogP) is 5.35. The molecule has 3 aromatic carbocycles. The van der Waals surface area contributed by atoms with E-state index in [1.807, 2.05) is 18.2 Å². The standard InChI is InChI=1S/C29H28ClN3O6S/c1-37-23-13-4-18(16-24(23)38-2)14-15-33-26(34)17-25(40-29(33)32-22-11-7-20(30)8-12-22)27(35)31-21-9-5-19(6-10-21)28(36)39-3/h4-13,16,25H,14-15,17H2,1-3H3,(H,31,35)/t25-/m1/s1.